The van der Waals surface area contributed by atoms with E-state index in [0.717, 1.165) is 51.4 Å². The van der Waals surface area contributed by atoms with Crippen LogP contribution in [0.15, 0.2) is 46.3 Å². The van der Waals surface area contributed by atoms with Crippen molar-refractivity contribution in [2.75, 3.05) is 13.2 Å². The van der Waals surface area contributed by atoms with E-state index in [0.29, 0.717) is 36.4 Å². The van der Waals surface area contributed by atoms with Crippen molar-refractivity contribution >= 4 is 10.9 Å². The van der Waals surface area contributed by atoms with Crippen LogP contribution in [-0.2, 0) is 6.54 Å². The highest BCUT2D eigenvalue weighted by Gasteiger charge is 2.18. The lowest BCUT2D eigenvalue weighted by Gasteiger charge is -2.16. The molecule has 34 heavy (non-hydrogen) atoms. The summed E-state index contributed by atoms with van der Waals surface area (Å²) in [5.74, 6) is 0.659. The van der Waals surface area contributed by atoms with Gasteiger partial charge in [-0.3, -0.25) is 4.79 Å². The first kappa shape index (κ1) is 27.6. The van der Waals surface area contributed by atoms with Crippen LogP contribution in [0.5, 0.6) is 17.2 Å². The number of aromatic nitrogens is 1. The molecule has 0 spiro atoms. The van der Waals surface area contributed by atoms with Crippen LogP contribution in [0.1, 0.15) is 86.0 Å². The Hall–Kier alpha value is -2.69. The molecule has 1 aromatic heterocycles. The molecule has 0 unspecified atom stereocenters. The highest BCUT2D eigenvalue weighted by Crippen LogP contribution is 2.33. The molecule has 1 aromatic carbocycles. The third-order valence-electron chi connectivity index (χ3n) is 5.92. The van der Waals surface area contributed by atoms with E-state index in [-0.39, 0.29) is 17.1 Å². The van der Waals surface area contributed by atoms with Crippen molar-refractivity contribution in [2.45, 2.75) is 92.5 Å². The van der Waals surface area contributed by atoms with Crippen LogP contribution in [0.25, 0.3) is 10.9 Å². The summed E-state index contributed by atoms with van der Waals surface area (Å²) in [6, 6.07) is 5.51. The van der Waals surface area contributed by atoms with Gasteiger partial charge in [-0.15, -0.1) is 0 Å². The molecule has 0 aliphatic rings. The van der Waals surface area contributed by atoms with Crippen LogP contribution in [0.4, 0.5) is 0 Å². The highest BCUT2D eigenvalue weighted by atomic mass is 16.5. The molecule has 0 bridgehead atoms. The Morgan fingerprint density at radius 2 is 1.76 bits per heavy atom. The van der Waals surface area contributed by atoms with Gasteiger partial charge in [0.05, 0.1) is 12.1 Å². The Bertz CT molecular complexity index is 1030. The van der Waals surface area contributed by atoms with Crippen molar-refractivity contribution in [3.63, 3.8) is 0 Å². The molecule has 2 aromatic rings. The monoisotopic (exact) mass is 469 g/mol. The normalized spacial score (nSPS) is 11.6. The zero-order valence-electron chi connectivity index (χ0n) is 21.8. The number of hydrogen-bond acceptors (Lipinski definition) is 4. The van der Waals surface area contributed by atoms with Crippen molar-refractivity contribution in [3.05, 3.63) is 51.9 Å². The average molecular weight is 470 g/mol. The fourth-order valence-electron chi connectivity index (χ4n) is 3.82. The van der Waals surface area contributed by atoms with Crippen molar-refractivity contribution in [3.8, 4) is 17.2 Å². The van der Waals surface area contributed by atoms with E-state index < -0.39 is 0 Å². The van der Waals surface area contributed by atoms with Gasteiger partial charge < -0.3 is 19.1 Å². The van der Waals surface area contributed by atoms with E-state index in [1.54, 1.807) is 4.57 Å². The maximum absolute atomic E-state index is 13.2. The van der Waals surface area contributed by atoms with Crippen molar-refractivity contribution in [2.24, 2.45) is 0 Å². The Labute approximate surface area is 205 Å². The predicted molar refractivity (Wildman–Crippen MR) is 142 cm³/mol. The van der Waals surface area contributed by atoms with E-state index in [2.05, 4.69) is 46.8 Å². The van der Waals surface area contributed by atoms with Crippen LogP contribution in [0.2, 0.25) is 0 Å². The lowest BCUT2D eigenvalue weighted by atomic mass is 10.1. The summed E-state index contributed by atoms with van der Waals surface area (Å²) in [6.07, 6.45) is 12.4. The fourth-order valence-corrected chi connectivity index (χ4v) is 3.82. The SMILES string of the molecule is CCCCCCOc1c(O)c2ccc(OC/C=C(\C)CCC=C(C)C)cc2n(CCCC)c1=O. The van der Waals surface area contributed by atoms with E-state index in [4.69, 9.17) is 9.47 Å². The zero-order valence-corrected chi connectivity index (χ0v) is 21.8. The minimum Gasteiger partial charge on any atom is -0.504 e. The smallest absolute Gasteiger partial charge is 0.297 e. The van der Waals surface area contributed by atoms with Gasteiger partial charge in [0.2, 0.25) is 5.75 Å². The second kappa shape index (κ2) is 14.5. The van der Waals surface area contributed by atoms with Crippen LogP contribution in [-0.4, -0.2) is 22.9 Å². The first-order chi connectivity index (χ1) is 16.4. The summed E-state index contributed by atoms with van der Waals surface area (Å²) in [4.78, 5) is 13.2. The molecular weight excluding hydrogens is 426 g/mol. The van der Waals surface area contributed by atoms with E-state index in [1.807, 2.05) is 18.2 Å². The number of fused-ring (bicyclic) bond motifs is 1. The van der Waals surface area contributed by atoms with Gasteiger partial charge in [0, 0.05) is 18.0 Å². The largest absolute Gasteiger partial charge is 0.504 e. The van der Waals surface area contributed by atoms with E-state index >= 15 is 0 Å². The van der Waals surface area contributed by atoms with Crippen LogP contribution in [0, 0.1) is 0 Å². The minimum atomic E-state index is -0.277. The lowest BCUT2D eigenvalue weighted by Crippen LogP contribution is -2.23. The number of aromatic hydroxyl groups is 1. The highest BCUT2D eigenvalue weighted by molar-refractivity contribution is 5.88. The average Bonchev–Trinajstić information content (AvgIpc) is 2.80. The first-order valence-corrected chi connectivity index (χ1v) is 12.8. The molecule has 0 saturated carbocycles. The Morgan fingerprint density at radius 3 is 2.47 bits per heavy atom. The number of pyridine rings is 1. The number of rotatable bonds is 15. The van der Waals surface area contributed by atoms with Gasteiger partial charge in [-0.25, -0.2) is 0 Å². The van der Waals surface area contributed by atoms with Crippen molar-refractivity contribution in [1.82, 2.24) is 4.57 Å². The second-order valence-electron chi connectivity index (χ2n) is 9.26. The molecule has 0 aliphatic heterocycles. The molecule has 2 rings (SSSR count). The fraction of sp³-hybridized carbons (Fsp3) is 0.552. The zero-order chi connectivity index (χ0) is 24.9. The summed E-state index contributed by atoms with van der Waals surface area (Å²) in [5.41, 5.74) is 3.02. The molecule has 0 amide bonds. The molecule has 1 N–H and O–H groups in total. The standard InChI is InChI=1S/C29H43NO4/c1-6-8-10-11-19-34-28-27(31)25-16-15-24(21-26(25)30(29(28)32)18-9-7-2)33-20-17-23(5)14-12-13-22(3)4/h13,15-17,21,31H,6-12,14,18-20H2,1-5H3/b23-17+. The Morgan fingerprint density at radius 1 is 1.00 bits per heavy atom. The number of aryl methyl sites for hydroxylation is 1. The van der Waals surface area contributed by atoms with Crippen molar-refractivity contribution in [1.29, 1.82) is 0 Å². The molecule has 0 fully saturated rings. The van der Waals surface area contributed by atoms with Gasteiger partial charge in [0.1, 0.15) is 12.4 Å². The summed E-state index contributed by atoms with van der Waals surface area (Å²) >= 11 is 0. The predicted octanol–water partition coefficient (Wildman–Crippen LogP) is 7.54. The first-order valence-electron chi connectivity index (χ1n) is 12.8. The Kier molecular flexibility index (Phi) is 11.8. The number of ether oxygens (including phenoxy) is 2. The molecule has 0 radical (unpaired) electrons. The van der Waals surface area contributed by atoms with E-state index in [9.17, 15) is 9.90 Å². The lowest BCUT2D eigenvalue weighted by molar-refractivity contribution is 0.284. The Balaban J connectivity index is 2.24. The minimum absolute atomic E-state index is 0.0590. The number of hydrogen-bond donors (Lipinski definition) is 1. The van der Waals surface area contributed by atoms with Gasteiger partial charge in [0.15, 0.2) is 5.75 Å². The molecular formula is C29H43NO4. The summed E-state index contributed by atoms with van der Waals surface area (Å²) in [5, 5.41) is 11.5. The quantitative estimate of drug-likeness (QED) is 0.216. The third kappa shape index (κ3) is 8.27. The maximum Gasteiger partial charge on any atom is 0.297 e. The van der Waals surface area contributed by atoms with Crippen LogP contribution < -0.4 is 15.0 Å². The van der Waals surface area contributed by atoms with Gasteiger partial charge in [-0.2, -0.15) is 0 Å². The van der Waals surface area contributed by atoms with Gasteiger partial charge in [-0.05, 0) is 64.7 Å². The molecule has 0 aliphatic carbocycles. The molecule has 0 saturated heterocycles. The molecule has 0 atom stereocenters. The molecule has 5 heteroatoms. The number of benzene rings is 1. The number of unbranched alkanes of at least 4 members (excludes halogenated alkanes) is 4. The molecule has 5 nitrogen and oxygen atoms in total. The number of allylic oxidation sites excluding steroid dienone is 3. The maximum atomic E-state index is 13.2. The third-order valence-corrected chi connectivity index (χ3v) is 5.92. The molecule has 1 heterocycles. The molecule has 188 valence electrons. The van der Waals surface area contributed by atoms with Gasteiger partial charge in [0.25, 0.3) is 5.56 Å². The van der Waals surface area contributed by atoms with Crippen molar-refractivity contribution < 1.29 is 14.6 Å². The van der Waals surface area contributed by atoms with E-state index in [1.165, 1.54) is 11.1 Å². The van der Waals surface area contributed by atoms with Crippen LogP contribution >= 0.6 is 0 Å². The summed E-state index contributed by atoms with van der Waals surface area (Å²) < 4.78 is 13.5. The van der Waals surface area contributed by atoms with Gasteiger partial charge >= 0.3 is 0 Å². The topological polar surface area (TPSA) is 60.7 Å². The summed E-state index contributed by atoms with van der Waals surface area (Å²) in [7, 11) is 0. The second-order valence-corrected chi connectivity index (χ2v) is 9.26. The summed E-state index contributed by atoms with van der Waals surface area (Å²) in [6.45, 7) is 12.1. The van der Waals surface area contributed by atoms with Gasteiger partial charge in [-0.1, -0.05) is 56.8 Å². The van der Waals surface area contributed by atoms with Crippen LogP contribution in [0.3, 0.4) is 0 Å². The number of nitrogens with zero attached hydrogens (tertiary/aromatic N) is 1.